The Morgan fingerprint density at radius 3 is 2.40 bits per heavy atom. The van der Waals surface area contributed by atoms with Gasteiger partial charge in [-0.2, -0.15) is 13.2 Å². The Morgan fingerprint density at radius 1 is 1.10 bits per heavy atom. The molecule has 20 heavy (non-hydrogen) atoms. The summed E-state index contributed by atoms with van der Waals surface area (Å²) in [7, 11) is 0. The van der Waals surface area contributed by atoms with Crippen LogP contribution < -0.4 is 5.73 Å². The monoisotopic (exact) mass is 305 g/mol. The molecule has 0 aliphatic rings. The fourth-order valence-electron chi connectivity index (χ4n) is 2.14. The molecular weight excluding hydrogens is 291 g/mol. The number of hydrogen-bond donors (Lipinski definition) is 2. The zero-order valence-corrected chi connectivity index (χ0v) is 11.3. The van der Waals surface area contributed by atoms with E-state index in [9.17, 15) is 18.3 Å². The largest absolute Gasteiger partial charge is 0.508 e. The van der Waals surface area contributed by atoms with Gasteiger partial charge in [-0.3, -0.25) is 0 Å². The highest BCUT2D eigenvalue weighted by molar-refractivity contribution is 5.88. The van der Waals surface area contributed by atoms with E-state index in [1.54, 1.807) is 18.2 Å². The summed E-state index contributed by atoms with van der Waals surface area (Å²) < 4.78 is 36.7. The Bertz CT molecular complexity index is 586. The van der Waals surface area contributed by atoms with Gasteiger partial charge in [-0.15, -0.1) is 12.4 Å². The SMILES string of the molecule is Cl.N[C@@H](CCC(F)(F)F)c1c(O)ccc2ccccc12. The fourth-order valence-corrected chi connectivity index (χ4v) is 2.14. The molecule has 0 bridgehead atoms. The van der Waals surface area contributed by atoms with Gasteiger partial charge in [0.05, 0.1) is 0 Å². The molecule has 0 aromatic heterocycles. The van der Waals surface area contributed by atoms with Gasteiger partial charge in [0.15, 0.2) is 0 Å². The molecule has 0 aliphatic heterocycles. The maximum absolute atomic E-state index is 12.2. The topological polar surface area (TPSA) is 46.2 Å². The maximum atomic E-state index is 12.2. The minimum absolute atomic E-state index is 0. The minimum atomic E-state index is -4.24. The van der Waals surface area contributed by atoms with E-state index in [0.717, 1.165) is 5.39 Å². The second-order valence-electron chi connectivity index (χ2n) is 4.48. The van der Waals surface area contributed by atoms with E-state index < -0.39 is 18.6 Å². The number of hydrogen-bond acceptors (Lipinski definition) is 2. The third kappa shape index (κ3) is 3.77. The zero-order chi connectivity index (χ0) is 14.0. The van der Waals surface area contributed by atoms with Gasteiger partial charge in [-0.25, -0.2) is 0 Å². The fraction of sp³-hybridized carbons (Fsp3) is 0.286. The van der Waals surface area contributed by atoms with Gasteiger partial charge in [-0.05, 0) is 23.3 Å². The molecule has 3 N–H and O–H groups in total. The van der Waals surface area contributed by atoms with Crippen molar-refractivity contribution in [3.63, 3.8) is 0 Å². The molecule has 0 unspecified atom stereocenters. The highest BCUT2D eigenvalue weighted by Gasteiger charge is 2.28. The summed E-state index contributed by atoms with van der Waals surface area (Å²) in [6.45, 7) is 0. The number of phenols is 1. The molecule has 0 saturated carbocycles. The van der Waals surface area contributed by atoms with E-state index >= 15 is 0 Å². The molecular formula is C14H15ClF3NO. The van der Waals surface area contributed by atoms with Gasteiger partial charge in [0.1, 0.15) is 5.75 Å². The number of nitrogens with two attached hydrogens (primary N) is 1. The summed E-state index contributed by atoms with van der Waals surface area (Å²) in [5.41, 5.74) is 6.19. The number of fused-ring (bicyclic) bond motifs is 1. The predicted octanol–water partition coefficient (Wildman–Crippen LogP) is 4.31. The lowest BCUT2D eigenvalue weighted by Crippen LogP contribution is -2.16. The van der Waals surface area contributed by atoms with Crippen LogP contribution in [0, 0.1) is 0 Å². The number of aromatic hydroxyl groups is 1. The average Bonchev–Trinajstić information content (AvgIpc) is 2.35. The molecule has 110 valence electrons. The summed E-state index contributed by atoms with van der Waals surface area (Å²) in [4.78, 5) is 0. The molecule has 2 aromatic rings. The van der Waals surface area contributed by atoms with Crippen LogP contribution in [0.1, 0.15) is 24.4 Å². The minimum Gasteiger partial charge on any atom is -0.508 e. The van der Waals surface area contributed by atoms with Crippen molar-refractivity contribution in [2.75, 3.05) is 0 Å². The number of benzene rings is 2. The maximum Gasteiger partial charge on any atom is 0.389 e. The van der Waals surface area contributed by atoms with Crippen LogP contribution in [0.25, 0.3) is 10.8 Å². The standard InChI is InChI=1S/C14H14F3NO.ClH/c15-14(16,17)8-7-11(18)13-10-4-2-1-3-9(10)5-6-12(13)19;/h1-6,11,19H,7-8,18H2;1H/t11-;/m0./s1. The summed E-state index contributed by atoms with van der Waals surface area (Å²) in [5.74, 6) is -0.0617. The molecule has 0 amide bonds. The van der Waals surface area contributed by atoms with Crippen LogP contribution >= 0.6 is 12.4 Å². The lowest BCUT2D eigenvalue weighted by Gasteiger charge is -2.17. The molecule has 0 fully saturated rings. The van der Waals surface area contributed by atoms with E-state index in [0.29, 0.717) is 10.9 Å². The van der Waals surface area contributed by atoms with E-state index in [-0.39, 0.29) is 24.6 Å². The van der Waals surface area contributed by atoms with Crippen molar-refractivity contribution in [3.05, 3.63) is 42.0 Å². The Labute approximate surface area is 120 Å². The van der Waals surface area contributed by atoms with Gasteiger partial charge in [0.25, 0.3) is 0 Å². The number of alkyl halides is 3. The first-order valence-electron chi connectivity index (χ1n) is 5.91. The molecule has 6 heteroatoms. The van der Waals surface area contributed by atoms with Crippen molar-refractivity contribution < 1.29 is 18.3 Å². The molecule has 2 rings (SSSR count). The van der Waals surface area contributed by atoms with Gasteiger partial charge >= 0.3 is 6.18 Å². The van der Waals surface area contributed by atoms with Gasteiger partial charge in [-0.1, -0.05) is 30.3 Å². The Kier molecular flexibility index (Phi) is 5.25. The normalized spacial score (nSPS) is 13.0. The van der Waals surface area contributed by atoms with Crippen molar-refractivity contribution in [3.8, 4) is 5.75 Å². The summed E-state index contributed by atoms with van der Waals surface area (Å²) in [5, 5.41) is 11.4. The van der Waals surface area contributed by atoms with E-state index in [1.165, 1.54) is 6.07 Å². The van der Waals surface area contributed by atoms with Gasteiger partial charge in [0, 0.05) is 18.0 Å². The average molecular weight is 306 g/mol. The molecule has 1 atom stereocenters. The summed E-state index contributed by atoms with van der Waals surface area (Å²) >= 11 is 0. The quantitative estimate of drug-likeness (QED) is 0.887. The van der Waals surface area contributed by atoms with Crippen molar-refractivity contribution in [2.45, 2.75) is 25.1 Å². The third-order valence-corrected chi connectivity index (χ3v) is 3.06. The van der Waals surface area contributed by atoms with Crippen LogP contribution in [-0.4, -0.2) is 11.3 Å². The third-order valence-electron chi connectivity index (χ3n) is 3.06. The van der Waals surface area contributed by atoms with Crippen LogP contribution in [0.2, 0.25) is 0 Å². The lowest BCUT2D eigenvalue weighted by molar-refractivity contribution is -0.136. The summed E-state index contributed by atoms with van der Waals surface area (Å²) in [6, 6.07) is 9.50. The van der Waals surface area contributed by atoms with Crippen LogP contribution in [0.4, 0.5) is 13.2 Å². The molecule has 2 nitrogen and oxygen atoms in total. The number of rotatable bonds is 3. The molecule has 0 heterocycles. The van der Waals surface area contributed by atoms with Crippen LogP contribution in [-0.2, 0) is 0 Å². The van der Waals surface area contributed by atoms with Crippen molar-refractivity contribution in [1.29, 1.82) is 0 Å². The van der Waals surface area contributed by atoms with E-state index in [1.807, 2.05) is 12.1 Å². The van der Waals surface area contributed by atoms with Gasteiger partial charge in [0.2, 0.25) is 0 Å². The lowest BCUT2D eigenvalue weighted by atomic mass is 9.95. The molecule has 0 spiro atoms. The second kappa shape index (κ2) is 6.33. The molecule has 0 saturated heterocycles. The first-order valence-corrected chi connectivity index (χ1v) is 5.91. The zero-order valence-electron chi connectivity index (χ0n) is 10.5. The first kappa shape index (κ1) is 16.6. The van der Waals surface area contributed by atoms with Crippen LogP contribution in [0.15, 0.2) is 36.4 Å². The molecule has 2 aromatic carbocycles. The number of phenolic OH excluding ortho intramolecular Hbond substituents is 1. The van der Waals surface area contributed by atoms with Crippen molar-refractivity contribution in [2.24, 2.45) is 5.73 Å². The Balaban J connectivity index is 0.00000200. The van der Waals surface area contributed by atoms with E-state index in [4.69, 9.17) is 5.73 Å². The summed E-state index contributed by atoms with van der Waals surface area (Å²) in [6.07, 6.45) is -5.44. The first-order chi connectivity index (χ1) is 8.88. The highest BCUT2D eigenvalue weighted by atomic mass is 35.5. The predicted molar refractivity (Wildman–Crippen MR) is 75.1 cm³/mol. The Morgan fingerprint density at radius 2 is 1.75 bits per heavy atom. The Hall–Kier alpha value is -1.46. The highest BCUT2D eigenvalue weighted by Crippen LogP contribution is 2.35. The van der Waals surface area contributed by atoms with Crippen molar-refractivity contribution >= 4 is 23.2 Å². The van der Waals surface area contributed by atoms with E-state index in [2.05, 4.69) is 0 Å². The molecule has 0 radical (unpaired) electrons. The van der Waals surface area contributed by atoms with Crippen molar-refractivity contribution in [1.82, 2.24) is 0 Å². The molecule has 0 aliphatic carbocycles. The van der Waals surface area contributed by atoms with Crippen LogP contribution in [0.3, 0.4) is 0 Å². The number of halogens is 4. The smallest absolute Gasteiger partial charge is 0.389 e. The van der Waals surface area contributed by atoms with Gasteiger partial charge < -0.3 is 10.8 Å². The second-order valence-corrected chi connectivity index (χ2v) is 4.48. The van der Waals surface area contributed by atoms with Crippen LogP contribution in [0.5, 0.6) is 5.75 Å².